The first-order valence-electron chi connectivity index (χ1n) is 11.8. The van der Waals surface area contributed by atoms with E-state index in [2.05, 4.69) is 78.6 Å². The molecule has 2 heterocycles. The largest absolute Gasteiger partial charge is 0.377 e. The molecule has 2 aliphatic heterocycles. The van der Waals surface area contributed by atoms with Gasteiger partial charge in [-0.05, 0) is 43.6 Å². The lowest BCUT2D eigenvalue weighted by Gasteiger charge is -2.40. The predicted octanol–water partition coefficient (Wildman–Crippen LogP) is 4.22. The molecule has 5 nitrogen and oxygen atoms in total. The molecule has 2 fully saturated rings. The van der Waals surface area contributed by atoms with Gasteiger partial charge >= 0.3 is 0 Å². The number of ether oxygens (including phenoxy) is 1. The van der Waals surface area contributed by atoms with Gasteiger partial charge in [-0.1, -0.05) is 51.1 Å². The molecule has 0 bridgehead atoms. The third-order valence-electron chi connectivity index (χ3n) is 6.75. The minimum Gasteiger partial charge on any atom is -0.377 e. The van der Waals surface area contributed by atoms with Gasteiger partial charge in [0, 0.05) is 51.3 Å². The highest BCUT2D eigenvalue weighted by Gasteiger charge is 2.35. The van der Waals surface area contributed by atoms with Crippen LogP contribution in [0.5, 0.6) is 0 Å². The Balaban J connectivity index is 1.45. The first kappa shape index (κ1) is 23.1. The Morgan fingerprint density at radius 1 is 1.17 bits per heavy atom. The molecule has 3 unspecified atom stereocenters. The first-order valence-corrected chi connectivity index (χ1v) is 11.8. The quantitative estimate of drug-likeness (QED) is 0.559. The monoisotopic (exact) mass is 414 g/mol. The fraction of sp³-hybridized carbons (Fsp3) is 0.720. The van der Waals surface area contributed by atoms with E-state index in [0.717, 1.165) is 51.5 Å². The number of guanidine groups is 1. The summed E-state index contributed by atoms with van der Waals surface area (Å²) in [4.78, 5) is 7.09. The summed E-state index contributed by atoms with van der Waals surface area (Å²) in [5.74, 6) is 1.47. The van der Waals surface area contributed by atoms with E-state index in [1.165, 1.54) is 12.0 Å². The SMILES string of the molecule is CN=C(NCC1CCCOC1C(C)(C)C)NC1CCN(C(C)c2ccccc2)CC1. The zero-order valence-electron chi connectivity index (χ0n) is 19.7. The van der Waals surface area contributed by atoms with Crippen LogP contribution in [0.1, 0.15) is 65.0 Å². The van der Waals surface area contributed by atoms with E-state index in [1.54, 1.807) is 0 Å². The van der Waals surface area contributed by atoms with Crippen molar-refractivity contribution in [2.75, 3.05) is 33.3 Å². The molecule has 1 aromatic carbocycles. The number of piperidine rings is 1. The number of hydrogen-bond donors (Lipinski definition) is 2. The number of likely N-dealkylation sites (tertiary alicyclic amines) is 1. The Bertz CT molecular complexity index is 661. The molecule has 2 saturated heterocycles. The third-order valence-corrected chi connectivity index (χ3v) is 6.75. The lowest BCUT2D eigenvalue weighted by molar-refractivity contribution is -0.0835. The number of rotatable bonds is 5. The van der Waals surface area contributed by atoms with E-state index in [-0.39, 0.29) is 5.41 Å². The number of aliphatic imine (C=N–C) groups is 1. The zero-order chi connectivity index (χ0) is 21.6. The molecule has 3 atom stereocenters. The topological polar surface area (TPSA) is 48.9 Å². The second-order valence-corrected chi connectivity index (χ2v) is 10.1. The summed E-state index contributed by atoms with van der Waals surface area (Å²) >= 11 is 0. The lowest BCUT2D eigenvalue weighted by Crippen LogP contribution is -2.51. The molecule has 0 radical (unpaired) electrons. The van der Waals surface area contributed by atoms with Crippen LogP contribution < -0.4 is 10.6 Å². The van der Waals surface area contributed by atoms with Gasteiger partial charge in [0.05, 0.1) is 6.10 Å². The van der Waals surface area contributed by atoms with E-state index in [4.69, 9.17) is 4.74 Å². The Labute approximate surface area is 183 Å². The van der Waals surface area contributed by atoms with E-state index in [1.807, 2.05) is 7.05 Å². The van der Waals surface area contributed by atoms with Gasteiger partial charge in [-0.2, -0.15) is 0 Å². The van der Waals surface area contributed by atoms with Crippen molar-refractivity contribution in [3.63, 3.8) is 0 Å². The van der Waals surface area contributed by atoms with E-state index >= 15 is 0 Å². The van der Waals surface area contributed by atoms with Crippen molar-refractivity contribution in [2.45, 2.75) is 71.6 Å². The van der Waals surface area contributed by atoms with Crippen LogP contribution in [0, 0.1) is 11.3 Å². The Kier molecular flexibility index (Phi) is 8.18. The average Bonchev–Trinajstić information content (AvgIpc) is 2.76. The van der Waals surface area contributed by atoms with Crippen molar-refractivity contribution in [2.24, 2.45) is 16.3 Å². The molecule has 2 aliphatic rings. The molecule has 0 aromatic heterocycles. The Morgan fingerprint density at radius 2 is 1.87 bits per heavy atom. The van der Waals surface area contributed by atoms with Crippen LogP contribution in [0.4, 0.5) is 0 Å². The predicted molar refractivity (Wildman–Crippen MR) is 126 cm³/mol. The van der Waals surface area contributed by atoms with Crippen LogP contribution in [0.3, 0.4) is 0 Å². The summed E-state index contributed by atoms with van der Waals surface area (Å²) in [7, 11) is 1.88. The second kappa shape index (κ2) is 10.6. The average molecular weight is 415 g/mol. The molecule has 5 heteroatoms. The molecule has 3 rings (SSSR count). The molecule has 168 valence electrons. The van der Waals surface area contributed by atoms with Gasteiger partial charge in [0.2, 0.25) is 0 Å². The maximum atomic E-state index is 6.14. The fourth-order valence-corrected chi connectivity index (χ4v) is 5.00. The number of benzene rings is 1. The van der Waals surface area contributed by atoms with Gasteiger partial charge in [0.25, 0.3) is 0 Å². The van der Waals surface area contributed by atoms with Crippen LogP contribution in [-0.4, -0.2) is 56.3 Å². The third kappa shape index (κ3) is 6.21. The number of nitrogens with one attached hydrogen (secondary N) is 2. The van der Waals surface area contributed by atoms with Gasteiger partial charge in [0.1, 0.15) is 0 Å². The van der Waals surface area contributed by atoms with Crippen molar-refractivity contribution in [1.82, 2.24) is 15.5 Å². The van der Waals surface area contributed by atoms with E-state index in [9.17, 15) is 0 Å². The highest BCUT2D eigenvalue weighted by Crippen LogP contribution is 2.33. The van der Waals surface area contributed by atoms with Crippen LogP contribution in [-0.2, 0) is 4.74 Å². The van der Waals surface area contributed by atoms with Crippen LogP contribution in [0.2, 0.25) is 0 Å². The Hall–Kier alpha value is -1.59. The second-order valence-electron chi connectivity index (χ2n) is 10.1. The first-order chi connectivity index (χ1) is 14.4. The Morgan fingerprint density at radius 3 is 2.50 bits per heavy atom. The summed E-state index contributed by atoms with van der Waals surface area (Å²) in [6, 6.07) is 11.8. The van der Waals surface area contributed by atoms with Crippen molar-refractivity contribution < 1.29 is 4.74 Å². The summed E-state index contributed by atoms with van der Waals surface area (Å²) in [6.45, 7) is 13.2. The maximum Gasteiger partial charge on any atom is 0.191 e. The summed E-state index contributed by atoms with van der Waals surface area (Å²) in [6.07, 6.45) is 4.98. The summed E-state index contributed by atoms with van der Waals surface area (Å²) in [5.41, 5.74) is 1.58. The molecule has 1 aromatic rings. The van der Waals surface area contributed by atoms with Gasteiger partial charge in [-0.3, -0.25) is 9.89 Å². The molecule has 2 N–H and O–H groups in total. The van der Waals surface area contributed by atoms with E-state index < -0.39 is 0 Å². The summed E-state index contributed by atoms with van der Waals surface area (Å²) < 4.78 is 6.14. The highest BCUT2D eigenvalue weighted by molar-refractivity contribution is 5.79. The molecule has 0 amide bonds. The van der Waals surface area contributed by atoms with Crippen molar-refractivity contribution >= 4 is 5.96 Å². The minimum absolute atomic E-state index is 0.173. The van der Waals surface area contributed by atoms with Gasteiger partial charge in [-0.25, -0.2) is 0 Å². The maximum absolute atomic E-state index is 6.14. The lowest BCUT2D eigenvalue weighted by atomic mass is 9.78. The molecular weight excluding hydrogens is 372 g/mol. The normalized spacial score (nSPS) is 25.7. The molecule has 0 saturated carbocycles. The van der Waals surface area contributed by atoms with Crippen LogP contribution >= 0.6 is 0 Å². The molecular formula is C25H42N4O. The van der Waals surface area contributed by atoms with Gasteiger partial charge in [0.15, 0.2) is 5.96 Å². The molecule has 0 aliphatic carbocycles. The van der Waals surface area contributed by atoms with Crippen molar-refractivity contribution in [1.29, 1.82) is 0 Å². The standard InChI is InChI=1S/C25H42N4O/c1-19(20-10-7-6-8-11-20)29-15-13-22(14-16-29)28-24(26-5)27-18-21-12-9-17-30-23(21)25(2,3)4/h6-8,10-11,19,21-23H,9,12-18H2,1-5H3,(H2,26,27,28). The smallest absolute Gasteiger partial charge is 0.191 e. The van der Waals surface area contributed by atoms with Gasteiger partial charge < -0.3 is 15.4 Å². The van der Waals surface area contributed by atoms with Crippen molar-refractivity contribution in [3.8, 4) is 0 Å². The highest BCUT2D eigenvalue weighted by atomic mass is 16.5. The molecule has 30 heavy (non-hydrogen) atoms. The molecule has 0 spiro atoms. The van der Waals surface area contributed by atoms with Gasteiger partial charge in [-0.15, -0.1) is 0 Å². The number of hydrogen-bond acceptors (Lipinski definition) is 3. The summed E-state index contributed by atoms with van der Waals surface area (Å²) in [5, 5.41) is 7.26. The fourth-order valence-electron chi connectivity index (χ4n) is 5.00. The van der Waals surface area contributed by atoms with Crippen LogP contribution in [0.15, 0.2) is 35.3 Å². The number of nitrogens with zero attached hydrogens (tertiary/aromatic N) is 2. The minimum atomic E-state index is 0.173. The zero-order valence-corrected chi connectivity index (χ0v) is 19.7. The van der Waals surface area contributed by atoms with Crippen molar-refractivity contribution in [3.05, 3.63) is 35.9 Å². The van der Waals surface area contributed by atoms with E-state index in [0.29, 0.717) is 24.1 Å². The van der Waals surface area contributed by atoms with Crippen LogP contribution in [0.25, 0.3) is 0 Å².